The highest BCUT2D eigenvalue weighted by molar-refractivity contribution is 5.98. The number of nitrogens with zero attached hydrogens (tertiary/aromatic N) is 3. The van der Waals surface area contributed by atoms with E-state index in [-0.39, 0.29) is 35.7 Å². The molecule has 0 aromatic heterocycles. The maximum absolute atomic E-state index is 15.2. The number of nitrogens with one attached hydrogen (secondary N) is 3. The van der Waals surface area contributed by atoms with Gasteiger partial charge in [0.25, 0.3) is 0 Å². The van der Waals surface area contributed by atoms with E-state index in [9.17, 15) is 49.2 Å². The van der Waals surface area contributed by atoms with Crippen LogP contribution in [0.15, 0.2) is 66.7 Å². The Morgan fingerprint density at radius 2 is 1.34 bits per heavy atom. The van der Waals surface area contributed by atoms with Gasteiger partial charge in [-0.2, -0.15) is 0 Å². The van der Waals surface area contributed by atoms with Gasteiger partial charge in [0.2, 0.25) is 41.7 Å². The summed E-state index contributed by atoms with van der Waals surface area (Å²) in [6.07, 6.45) is -10.1. The van der Waals surface area contributed by atoms with Crippen molar-refractivity contribution in [1.82, 2.24) is 30.7 Å². The van der Waals surface area contributed by atoms with E-state index >= 15 is 4.79 Å². The summed E-state index contributed by atoms with van der Waals surface area (Å²) >= 11 is 0. The minimum absolute atomic E-state index is 0.00601. The largest absolute Gasteiger partial charge is 0.497 e. The first kappa shape index (κ1) is 52.5. The topological polar surface area (TPSA) is 292 Å². The molecule has 1 unspecified atom stereocenters. The standard InChI is InChI=1S/C48H60N6O16/c1-23-42(60)50-24(2)45(63)52(5)32(19-27-9-14-30(66-8)15-10-27)43(61)51-25(3)46(64)53(6)33-20-28-11-16-31(17-12-28)68-35-21-29(41(67-26(4)56)37(44(62)49-23)54(7)47(33)65)13-18-34(35)69-48-40(59)39(58)38(57)36(22-55)70-48/h9-18,21,23-25,32-33,36-41,48,55,57-59H,19-20,22H2,1-8H3,(H,49,62)(H,50,60)(H,51,61)/t23-,24+,25+,32+,33?,36-,37+,38-,39+,40-,41+,48-/m1/s1. The quantitative estimate of drug-likeness (QED) is 0.141. The van der Waals surface area contributed by atoms with Crippen molar-refractivity contribution < 1.29 is 77.7 Å². The molecule has 3 aromatic carbocycles. The Morgan fingerprint density at radius 3 is 1.96 bits per heavy atom. The van der Waals surface area contributed by atoms with E-state index in [0.717, 1.165) is 21.6 Å². The van der Waals surface area contributed by atoms with Crippen LogP contribution in [0.5, 0.6) is 23.0 Å². The fourth-order valence-electron chi connectivity index (χ4n) is 8.43. The zero-order chi connectivity index (χ0) is 51.3. The van der Waals surface area contributed by atoms with Crippen LogP contribution in [0.1, 0.15) is 50.5 Å². The van der Waals surface area contributed by atoms with Crippen LogP contribution in [0.4, 0.5) is 0 Å². The fourth-order valence-corrected chi connectivity index (χ4v) is 8.43. The fraction of sp³-hybridized carbons (Fsp3) is 0.479. The molecule has 3 aromatic rings. The van der Waals surface area contributed by atoms with Crippen molar-refractivity contribution in [3.8, 4) is 23.0 Å². The summed E-state index contributed by atoms with van der Waals surface area (Å²) in [6.45, 7) is 4.48. The number of aliphatic hydroxyl groups excluding tert-OH is 4. The minimum Gasteiger partial charge on any atom is -0.497 e. The predicted molar refractivity (Wildman–Crippen MR) is 245 cm³/mol. The van der Waals surface area contributed by atoms with Gasteiger partial charge in [-0.3, -0.25) is 33.6 Å². The first-order chi connectivity index (χ1) is 33.1. The van der Waals surface area contributed by atoms with Gasteiger partial charge in [-0.15, -0.1) is 0 Å². The van der Waals surface area contributed by atoms with Gasteiger partial charge in [-0.1, -0.05) is 30.3 Å². The summed E-state index contributed by atoms with van der Waals surface area (Å²) in [7, 11) is 5.50. The van der Waals surface area contributed by atoms with E-state index in [1.165, 1.54) is 67.2 Å². The van der Waals surface area contributed by atoms with Crippen molar-refractivity contribution in [3.63, 3.8) is 0 Å². The molecule has 0 radical (unpaired) electrons. The number of methoxy groups -OCH3 is 1. The molecule has 7 rings (SSSR count). The maximum atomic E-state index is 15.2. The van der Waals surface area contributed by atoms with Crippen LogP contribution in [0.3, 0.4) is 0 Å². The lowest BCUT2D eigenvalue weighted by Crippen LogP contribution is -2.62. The molecule has 7 N–H and O–H groups in total. The summed E-state index contributed by atoms with van der Waals surface area (Å²) in [4.78, 5) is 103. The molecule has 2 saturated heterocycles. The Balaban J connectivity index is 1.46. The summed E-state index contributed by atoms with van der Waals surface area (Å²) in [5.74, 6) is -5.16. The Morgan fingerprint density at radius 1 is 0.729 bits per heavy atom. The Kier molecular flexibility index (Phi) is 16.7. The number of benzene rings is 3. The van der Waals surface area contributed by atoms with Crippen molar-refractivity contribution in [2.45, 2.75) is 114 Å². The van der Waals surface area contributed by atoms with Crippen LogP contribution < -0.4 is 30.2 Å². The number of amides is 6. The minimum atomic E-state index is -1.81. The highest BCUT2D eigenvalue weighted by atomic mass is 16.7. The van der Waals surface area contributed by atoms with Crippen molar-refractivity contribution in [3.05, 3.63) is 83.4 Å². The van der Waals surface area contributed by atoms with Gasteiger partial charge in [0.05, 0.1) is 13.7 Å². The van der Waals surface area contributed by atoms with Gasteiger partial charge in [0.1, 0.15) is 66.1 Å². The summed E-state index contributed by atoms with van der Waals surface area (Å²) < 4.78 is 29.0. The molecule has 4 heterocycles. The number of rotatable bonds is 7. The van der Waals surface area contributed by atoms with E-state index < -0.39 is 121 Å². The first-order valence-electron chi connectivity index (χ1n) is 22.5. The highest BCUT2D eigenvalue weighted by Crippen LogP contribution is 2.39. The van der Waals surface area contributed by atoms with E-state index in [1.807, 2.05) is 0 Å². The SMILES string of the molecule is COc1ccc(C[C@H]2C(=O)N[C@@H](C)C(=O)N(C)C3Cc4ccc(cc4)Oc4cc(ccc4O[C@@H]4O[C@H](CO)[C@@H](O)[C@H](O)[C@H]4O)[C@H](OC(C)=O)[C@@H](C(=O)N[C@H](C)C(=O)N[C@@H](C)C(=O)N2C)N(C)C3=O)cc1. The summed E-state index contributed by atoms with van der Waals surface area (Å²) in [5.41, 5.74) is 1.17. The number of hydrogen-bond donors (Lipinski definition) is 7. The lowest BCUT2D eigenvalue weighted by Gasteiger charge is -2.40. The van der Waals surface area contributed by atoms with E-state index in [2.05, 4.69) is 16.0 Å². The molecule has 4 aliphatic heterocycles. The van der Waals surface area contributed by atoms with Gasteiger partial charge < -0.3 is 74.8 Å². The zero-order valence-corrected chi connectivity index (χ0v) is 39.9. The molecule has 6 bridgehead atoms. The number of carbonyl (C=O) groups is 7. The van der Waals surface area contributed by atoms with E-state index in [4.69, 9.17) is 23.7 Å². The van der Waals surface area contributed by atoms with Crippen molar-refractivity contribution in [2.75, 3.05) is 34.9 Å². The van der Waals surface area contributed by atoms with Crippen LogP contribution >= 0.6 is 0 Å². The number of fused-ring (bicyclic) bond motifs is 2. The summed E-state index contributed by atoms with van der Waals surface area (Å²) in [6, 6.07) is 8.83. The number of carbonyl (C=O) groups excluding carboxylic acids is 7. The number of hydrogen-bond acceptors (Lipinski definition) is 16. The van der Waals surface area contributed by atoms with Crippen LogP contribution in [-0.4, -0.2) is 178 Å². The third-order valence-corrected chi connectivity index (χ3v) is 12.6. The molecular weight excluding hydrogens is 917 g/mol. The molecule has 6 amide bonds. The van der Waals surface area contributed by atoms with Gasteiger partial charge in [0, 0.05) is 40.9 Å². The monoisotopic (exact) mass is 976 g/mol. The molecule has 12 atom stereocenters. The number of esters is 1. The second-order valence-corrected chi connectivity index (χ2v) is 17.6. The van der Waals surface area contributed by atoms with E-state index in [1.54, 1.807) is 48.5 Å². The lowest BCUT2D eigenvalue weighted by molar-refractivity contribution is -0.277. The van der Waals surface area contributed by atoms with Crippen molar-refractivity contribution >= 4 is 41.4 Å². The molecule has 2 fully saturated rings. The van der Waals surface area contributed by atoms with Gasteiger partial charge >= 0.3 is 5.97 Å². The molecule has 4 aliphatic rings. The number of likely N-dealkylation sites (N-methyl/N-ethyl adjacent to an activating group) is 3. The summed E-state index contributed by atoms with van der Waals surface area (Å²) in [5, 5.41) is 49.3. The molecule has 0 saturated carbocycles. The second kappa shape index (κ2) is 22.3. The van der Waals surface area contributed by atoms with Crippen LogP contribution in [0.25, 0.3) is 0 Å². The smallest absolute Gasteiger partial charge is 0.303 e. The number of ether oxygens (including phenoxy) is 5. The second-order valence-electron chi connectivity index (χ2n) is 17.6. The molecule has 378 valence electrons. The van der Waals surface area contributed by atoms with Crippen molar-refractivity contribution in [2.24, 2.45) is 0 Å². The normalized spacial score (nSPS) is 29.5. The average Bonchev–Trinajstić information content (AvgIpc) is 3.33. The van der Waals surface area contributed by atoms with Crippen molar-refractivity contribution in [1.29, 1.82) is 0 Å². The van der Waals surface area contributed by atoms with Crippen LogP contribution in [0.2, 0.25) is 0 Å². The van der Waals surface area contributed by atoms with Gasteiger partial charge in [-0.05, 0) is 73.9 Å². The Hall–Kier alpha value is -6.85. The highest BCUT2D eigenvalue weighted by Gasteiger charge is 2.46. The number of aliphatic hydroxyl groups is 4. The Bertz CT molecular complexity index is 2420. The molecular formula is C48H60N6O16. The Labute approximate surface area is 403 Å². The molecule has 22 heteroatoms. The lowest BCUT2D eigenvalue weighted by atomic mass is 9.96. The zero-order valence-electron chi connectivity index (χ0n) is 39.9. The molecule has 0 aliphatic carbocycles. The molecule has 0 spiro atoms. The third kappa shape index (κ3) is 11.6. The van der Waals surface area contributed by atoms with E-state index in [0.29, 0.717) is 16.9 Å². The maximum Gasteiger partial charge on any atom is 0.303 e. The van der Waals surface area contributed by atoms with Crippen LogP contribution in [-0.2, 0) is 55.9 Å². The van der Waals surface area contributed by atoms with Gasteiger partial charge in [-0.25, -0.2) is 0 Å². The van der Waals surface area contributed by atoms with Gasteiger partial charge in [0.15, 0.2) is 23.6 Å². The third-order valence-electron chi connectivity index (χ3n) is 12.6. The average molecular weight is 977 g/mol. The molecule has 70 heavy (non-hydrogen) atoms. The predicted octanol–water partition coefficient (Wildman–Crippen LogP) is -0.922. The molecule has 22 nitrogen and oxygen atoms in total. The van der Waals surface area contributed by atoms with Crippen LogP contribution in [0, 0.1) is 0 Å². The first-order valence-corrected chi connectivity index (χ1v) is 22.5.